The van der Waals surface area contributed by atoms with Gasteiger partial charge in [0.05, 0.1) is 16.3 Å². The number of halogens is 1. The first-order chi connectivity index (χ1) is 10.1. The molecule has 120 valence electrons. The van der Waals surface area contributed by atoms with E-state index in [9.17, 15) is 17.6 Å². The standard InChI is InChI=1S/C14H17FN2O4S/c1-14(2,3)21-13(18)17-16-11-6-7-22(19,20)12-5-4-9(15)8-10(11)12/h4-6,8,16H,7H2,1-3H3,(H,17,18). The molecule has 6 nitrogen and oxygen atoms in total. The van der Waals surface area contributed by atoms with Crippen LogP contribution in [0.5, 0.6) is 0 Å². The number of rotatable bonds is 2. The van der Waals surface area contributed by atoms with Crippen molar-refractivity contribution in [3.05, 3.63) is 35.7 Å². The highest BCUT2D eigenvalue weighted by Gasteiger charge is 2.25. The molecule has 1 heterocycles. The lowest BCUT2D eigenvalue weighted by Gasteiger charge is -2.22. The average molecular weight is 328 g/mol. The second-order valence-electron chi connectivity index (χ2n) is 5.79. The minimum Gasteiger partial charge on any atom is -0.443 e. The van der Waals surface area contributed by atoms with Gasteiger partial charge in [0.2, 0.25) is 0 Å². The number of nitrogens with one attached hydrogen (secondary N) is 2. The van der Waals surface area contributed by atoms with E-state index in [0.29, 0.717) is 5.70 Å². The molecule has 0 saturated carbocycles. The van der Waals surface area contributed by atoms with Crippen LogP contribution in [0.4, 0.5) is 9.18 Å². The molecule has 2 N–H and O–H groups in total. The number of benzene rings is 1. The first-order valence-electron chi connectivity index (χ1n) is 6.56. The normalized spacial score (nSPS) is 16.3. The van der Waals surface area contributed by atoms with Crippen molar-refractivity contribution in [1.82, 2.24) is 10.9 Å². The van der Waals surface area contributed by atoms with Crippen LogP contribution < -0.4 is 10.9 Å². The van der Waals surface area contributed by atoms with Crippen LogP contribution >= 0.6 is 0 Å². The van der Waals surface area contributed by atoms with E-state index in [1.54, 1.807) is 20.8 Å². The third kappa shape index (κ3) is 3.76. The molecule has 0 saturated heterocycles. The Morgan fingerprint density at radius 1 is 1.32 bits per heavy atom. The van der Waals surface area contributed by atoms with Crippen LogP contribution in [0.25, 0.3) is 5.70 Å². The predicted octanol–water partition coefficient (Wildman–Crippen LogP) is 1.98. The molecule has 0 unspecified atom stereocenters. The third-order valence-electron chi connectivity index (χ3n) is 2.77. The second-order valence-corrected chi connectivity index (χ2v) is 7.79. The molecule has 1 aromatic rings. The minimum atomic E-state index is -3.49. The second kappa shape index (κ2) is 5.60. The highest BCUT2D eigenvalue weighted by Crippen LogP contribution is 2.28. The molecule has 1 aliphatic heterocycles. The molecule has 0 bridgehead atoms. The summed E-state index contributed by atoms with van der Waals surface area (Å²) in [7, 11) is -3.49. The molecule has 22 heavy (non-hydrogen) atoms. The van der Waals surface area contributed by atoms with E-state index in [2.05, 4.69) is 10.9 Å². The highest BCUT2D eigenvalue weighted by molar-refractivity contribution is 7.91. The van der Waals surface area contributed by atoms with Gasteiger partial charge in [-0.2, -0.15) is 0 Å². The molecule has 0 aromatic heterocycles. The Kier molecular flexibility index (Phi) is 4.15. The molecule has 0 atom stereocenters. The summed E-state index contributed by atoms with van der Waals surface area (Å²) in [5, 5.41) is 0. The van der Waals surface area contributed by atoms with Gasteiger partial charge in [0.15, 0.2) is 9.84 Å². The van der Waals surface area contributed by atoms with Gasteiger partial charge in [-0.15, -0.1) is 0 Å². The van der Waals surface area contributed by atoms with Gasteiger partial charge in [-0.05, 0) is 45.0 Å². The molecule has 1 aromatic carbocycles. The molecule has 1 amide bonds. The van der Waals surface area contributed by atoms with Gasteiger partial charge in [0, 0.05) is 5.56 Å². The van der Waals surface area contributed by atoms with E-state index >= 15 is 0 Å². The smallest absolute Gasteiger partial charge is 0.426 e. The van der Waals surface area contributed by atoms with Crippen molar-refractivity contribution in [3.8, 4) is 0 Å². The number of hydrogen-bond acceptors (Lipinski definition) is 5. The molecule has 0 radical (unpaired) electrons. The zero-order chi connectivity index (χ0) is 16.5. The van der Waals surface area contributed by atoms with Crippen molar-refractivity contribution in [3.63, 3.8) is 0 Å². The van der Waals surface area contributed by atoms with E-state index in [1.165, 1.54) is 12.1 Å². The topological polar surface area (TPSA) is 84.5 Å². The van der Waals surface area contributed by atoms with Crippen molar-refractivity contribution >= 4 is 21.6 Å². The molecule has 1 aliphatic rings. The average Bonchev–Trinajstić information content (AvgIpc) is 2.35. The van der Waals surface area contributed by atoms with Gasteiger partial charge in [0.25, 0.3) is 0 Å². The summed E-state index contributed by atoms with van der Waals surface area (Å²) in [5.41, 5.74) is 4.67. The van der Waals surface area contributed by atoms with Crippen molar-refractivity contribution < 1.29 is 22.3 Å². The van der Waals surface area contributed by atoms with Crippen molar-refractivity contribution in [1.29, 1.82) is 0 Å². The summed E-state index contributed by atoms with van der Waals surface area (Å²) < 4.78 is 42.3. The van der Waals surface area contributed by atoms with Crippen LogP contribution in [0.15, 0.2) is 29.2 Å². The van der Waals surface area contributed by atoms with Gasteiger partial charge in [-0.3, -0.25) is 5.43 Å². The number of carbonyl (C=O) groups is 1. The lowest BCUT2D eigenvalue weighted by Crippen LogP contribution is -2.41. The number of fused-ring (bicyclic) bond motifs is 1. The Labute approximate surface area is 128 Å². The molecule has 2 rings (SSSR count). The van der Waals surface area contributed by atoms with Crippen LogP contribution in [-0.4, -0.2) is 25.9 Å². The predicted molar refractivity (Wildman–Crippen MR) is 78.9 cm³/mol. The Bertz CT molecular complexity index is 736. The van der Waals surface area contributed by atoms with Crippen molar-refractivity contribution in [2.24, 2.45) is 0 Å². The van der Waals surface area contributed by atoms with Crippen LogP contribution in [0.2, 0.25) is 0 Å². The summed E-state index contributed by atoms with van der Waals surface area (Å²) >= 11 is 0. The lowest BCUT2D eigenvalue weighted by molar-refractivity contribution is 0.0511. The Hall–Kier alpha value is -2.09. The van der Waals surface area contributed by atoms with Gasteiger partial charge in [-0.25, -0.2) is 23.0 Å². The Balaban J connectivity index is 2.19. The number of sulfone groups is 1. The number of hydrogen-bond donors (Lipinski definition) is 2. The summed E-state index contributed by atoms with van der Waals surface area (Å²) in [6, 6.07) is 3.39. The Morgan fingerprint density at radius 3 is 2.64 bits per heavy atom. The molecule has 8 heteroatoms. The maximum atomic E-state index is 13.4. The van der Waals surface area contributed by atoms with Crippen LogP contribution in [-0.2, 0) is 14.6 Å². The van der Waals surface area contributed by atoms with Crippen LogP contribution in [0.1, 0.15) is 26.3 Å². The SMILES string of the molecule is CC(C)(C)OC(=O)NNC1=CCS(=O)(=O)c2ccc(F)cc21. The largest absolute Gasteiger partial charge is 0.443 e. The van der Waals surface area contributed by atoms with Crippen LogP contribution in [0, 0.1) is 5.82 Å². The fraction of sp³-hybridized carbons (Fsp3) is 0.357. The monoisotopic (exact) mass is 328 g/mol. The van der Waals surface area contributed by atoms with Gasteiger partial charge in [0.1, 0.15) is 11.4 Å². The molecule has 0 spiro atoms. The van der Waals surface area contributed by atoms with Crippen molar-refractivity contribution in [2.75, 3.05) is 5.75 Å². The van der Waals surface area contributed by atoms with Gasteiger partial charge >= 0.3 is 6.09 Å². The van der Waals surface area contributed by atoms with E-state index in [-0.39, 0.29) is 16.2 Å². The van der Waals surface area contributed by atoms with Gasteiger partial charge < -0.3 is 4.74 Å². The molecular formula is C14H17FN2O4S. The number of amides is 1. The van der Waals surface area contributed by atoms with E-state index in [4.69, 9.17) is 4.74 Å². The first-order valence-corrected chi connectivity index (χ1v) is 8.21. The third-order valence-corrected chi connectivity index (χ3v) is 4.40. The number of ether oxygens (including phenoxy) is 1. The highest BCUT2D eigenvalue weighted by atomic mass is 32.2. The zero-order valence-electron chi connectivity index (χ0n) is 12.4. The summed E-state index contributed by atoms with van der Waals surface area (Å²) in [4.78, 5) is 11.6. The summed E-state index contributed by atoms with van der Waals surface area (Å²) in [6.45, 7) is 5.14. The van der Waals surface area contributed by atoms with Gasteiger partial charge in [-0.1, -0.05) is 0 Å². The zero-order valence-corrected chi connectivity index (χ0v) is 13.3. The fourth-order valence-electron chi connectivity index (χ4n) is 1.92. The lowest BCUT2D eigenvalue weighted by atomic mass is 10.1. The van der Waals surface area contributed by atoms with E-state index in [0.717, 1.165) is 12.1 Å². The first kappa shape index (κ1) is 16.3. The summed E-state index contributed by atoms with van der Waals surface area (Å²) in [6.07, 6.45) is 0.647. The number of carbonyl (C=O) groups excluding carboxylic acids is 1. The van der Waals surface area contributed by atoms with Crippen LogP contribution in [0.3, 0.4) is 0 Å². The quantitative estimate of drug-likeness (QED) is 0.640. The molecule has 0 aliphatic carbocycles. The Morgan fingerprint density at radius 2 is 2.00 bits per heavy atom. The molecule has 0 fully saturated rings. The fourth-order valence-corrected chi connectivity index (χ4v) is 3.26. The minimum absolute atomic E-state index is 0.0184. The van der Waals surface area contributed by atoms with E-state index < -0.39 is 27.3 Å². The molecular weight excluding hydrogens is 311 g/mol. The number of hydrazine groups is 1. The van der Waals surface area contributed by atoms with E-state index in [1.807, 2.05) is 0 Å². The maximum Gasteiger partial charge on any atom is 0.426 e. The summed E-state index contributed by atoms with van der Waals surface area (Å²) in [5.74, 6) is -0.801. The van der Waals surface area contributed by atoms with Crippen molar-refractivity contribution in [2.45, 2.75) is 31.3 Å². The maximum absolute atomic E-state index is 13.4.